The minimum atomic E-state index is -0.432. The van der Waals surface area contributed by atoms with Crippen LogP contribution in [0, 0.1) is 5.82 Å². The number of nitrogens with zero attached hydrogens (tertiary/aromatic N) is 3. The van der Waals surface area contributed by atoms with Crippen molar-refractivity contribution < 1.29 is 9.18 Å². The molecule has 1 N–H and O–H groups in total. The third-order valence-corrected chi connectivity index (χ3v) is 4.30. The normalized spacial score (nSPS) is 10.9. The van der Waals surface area contributed by atoms with Crippen molar-refractivity contribution in [1.29, 1.82) is 0 Å². The van der Waals surface area contributed by atoms with Crippen molar-refractivity contribution in [2.24, 2.45) is 5.10 Å². The van der Waals surface area contributed by atoms with E-state index in [9.17, 15) is 9.18 Å². The highest BCUT2D eigenvalue weighted by Gasteiger charge is 2.18. The molecule has 0 radical (unpaired) electrons. The fourth-order valence-electron chi connectivity index (χ4n) is 2.86. The fraction of sp³-hybridized carbons (Fsp3) is 0. The highest BCUT2D eigenvalue weighted by atomic mass is 19.1. The molecule has 1 heterocycles. The molecule has 0 aliphatic carbocycles. The Balaban J connectivity index is 1.65. The first-order valence-electron chi connectivity index (χ1n) is 9.01. The van der Waals surface area contributed by atoms with E-state index in [2.05, 4.69) is 15.6 Å². The lowest BCUT2D eigenvalue weighted by Crippen LogP contribution is -2.18. The minimum absolute atomic E-state index is 0.288. The summed E-state index contributed by atoms with van der Waals surface area (Å²) in [6, 6.07) is 25.2. The average molecular weight is 384 g/mol. The summed E-state index contributed by atoms with van der Waals surface area (Å²) < 4.78 is 15.3. The molecule has 4 rings (SSSR count). The van der Waals surface area contributed by atoms with Crippen molar-refractivity contribution in [3.63, 3.8) is 0 Å². The molecule has 0 spiro atoms. The molecule has 29 heavy (non-hydrogen) atoms. The zero-order chi connectivity index (χ0) is 20.1. The van der Waals surface area contributed by atoms with E-state index in [4.69, 9.17) is 0 Å². The van der Waals surface area contributed by atoms with Crippen LogP contribution in [0.25, 0.3) is 16.9 Å². The fourth-order valence-corrected chi connectivity index (χ4v) is 2.86. The first-order valence-corrected chi connectivity index (χ1v) is 9.01. The Morgan fingerprint density at radius 1 is 0.931 bits per heavy atom. The van der Waals surface area contributed by atoms with Crippen LogP contribution in [0.5, 0.6) is 0 Å². The van der Waals surface area contributed by atoms with E-state index in [0.717, 1.165) is 11.3 Å². The number of hydrazone groups is 1. The molecule has 1 amide bonds. The van der Waals surface area contributed by atoms with E-state index in [1.165, 1.54) is 12.3 Å². The lowest BCUT2D eigenvalue weighted by molar-refractivity contribution is 0.0955. The number of hydrogen-bond acceptors (Lipinski definition) is 3. The van der Waals surface area contributed by atoms with Crippen molar-refractivity contribution in [2.75, 3.05) is 0 Å². The van der Waals surface area contributed by atoms with Gasteiger partial charge in [-0.15, -0.1) is 0 Å². The first kappa shape index (κ1) is 18.3. The van der Waals surface area contributed by atoms with Crippen LogP contribution in [0.3, 0.4) is 0 Å². The summed E-state index contributed by atoms with van der Waals surface area (Å²) in [4.78, 5) is 12.8. The van der Waals surface area contributed by atoms with Crippen molar-refractivity contribution >= 4 is 12.1 Å². The van der Waals surface area contributed by atoms with Crippen LogP contribution in [0.1, 0.15) is 15.9 Å². The highest BCUT2D eigenvalue weighted by molar-refractivity contribution is 6.00. The monoisotopic (exact) mass is 384 g/mol. The Hall–Kier alpha value is -4.06. The summed E-state index contributed by atoms with van der Waals surface area (Å²) in [7, 11) is 0. The zero-order valence-corrected chi connectivity index (χ0v) is 15.4. The molecule has 1 aromatic heterocycles. The van der Waals surface area contributed by atoms with Gasteiger partial charge in [-0.25, -0.2) is 14.5 Å². The summed E-state index contributed by atoms with van der Waals surface area (Å²) in [5, 5.41) is 8.49. The number of amides is 1. The summed E-state index contributed by atoms with van der Waals surface area (Å²) in [5.41, 5.74) is 5.29. The van der Waals surface area contributed by atoms with Gasteiger partial charge in [0.15, 0.2) is 0 Å². The van der Waals surface area contributed by atoms with Crippen LogP contribution in [0.4, 0.5) is 4.39 Å². The maximum absolute atomic E-state index is 13.7. The van der Waals surface area contributed by atoms with Crippen molar-refractivity contribution in [1.82, 2.24) is 15.2 Å². The van der Waals surface area contributed by atoms with Gasteiger partial charge in [-0.3, -0.25) is 4.79 Å². The number of para-hydroxylation sites is 1. The predicted octanol–water partition coefficient (Wildman–Crippen LogP) is 4.44. The molecule has 0 aliphatic rings. The van der Waals surface area contributed by atoms with Crippen molar-refractivity contribution in [3.8, 4) is 16.9 Å². The lowest BCUT2D eigenvalue weighted by Gasteiger charge is -2.01. The van der Waals surface area contributed by atoms with Crippen LogP contribution in [-0.4, -0.2) is 21.9 Å². The van der Waals surface area contributed by atoms with Gasteiger partial charge < -0.3 is 0 Å². The minimum Gasteiger partial charge on any atom is -0.267 e. The van der Waals surface area contributed by atoms with Gasteiger partial charge in [-0.2, -0.15) is 10.2 Å². The molecular formula is C23H17FN4O. The number of carbonyl (C=O) groups is 1. The summed E-state index contributed by atoms with van der Waals surface area (Å²) in [6.45, 7) is 0. The highest BCUT2D eigenvalue weighted by Crippen LogP contribution is 2.23. The molecular weight excluding hydrogens is 367 g/mol. The number of nitrogens with one attached hydrogen (secondary N) is 1. The van der Waals surface area contributed by atoms with Crippen LogP contribution >= 0.6 is 0 Å². The standard InChI is InChI=1S/C23H17FN4O/c24-21-14-8-7-11-18(21)15-25-26-23(29)20-16-28(19-12-5-2-6-13-19)27-22(20)17-9-3-1-4-10-17/h1-16H,(H,26,29)/b25-15+. The van der Waals surface area contributed by atoms with Gasteiger partial charge in [0.2, 0.25) is 0 Å². The Bertz CT molecular complexity index is 1150. The molecule has 5 nitrogen and oxygen atoms in total. The number of rotatable bonds is 5. The third kappa shape index (κ3) is 4.11. The maximum atomic E-state index is 13.7. The average Bonchev–Trinajstić information content (AvgIpc) is 3.22. The molecule has 142 valence electrons. The molecule has 0 fully saturated rings. The second-order valence-electron chi connectivity index (χ2n) is 6.26. The van der Waals surface area contributed by atoms with E-state index in [1.807, 2.05) is 60.7 Å². The van der Waals surface area contributed by atoms with Crippen LogP contribution in [-0.2, 0) is 0 Å². The summed E-state index contributed by atoms with van der Waals surface area (Å²) >= 11 is 0. The van der Waals surface area contributed by atoms with Crippen LogP contribution in [0.2, 0.25) is 0 Å². The molecule has 4 aromatic rings. The molecule has 0 bridgehead atoms. The van der Waals surface area contributed by atoms with E-state index in [0.29, 0.717) is 11.3 Å². The summed E-state index contributed by atoms with van der Waals surface area (Å²) in [5.74, 6) is -0.842. The van der Waals surface area contributed by atoms with Crippen molar-refractivity contribution in [2.45, 2.75) is 0 Å². The predicted molar refractivity (Wildman–Crippen MR) is 110 cm³/mol. The Morgan fingerprint density at radius 2 is 1.59 bits per heavy atom. The van der Waals surface area contributed by atoms with Crippen LogP contribution < -0.4 is 5.43 Å². The van der Waals surface area contributed by atoms with Crippen LogP contribution in [0.15, 0.2) is 96.2 Å². The number of benzene rings is 3. The molecule has 0 atom stereocenters. The zero-order valence-electron chi connectivity index (χ0n) is 15.4. The molecule has 3 aromatic carbocycles. The van der Waals surface area contributed by atoms with Gasteiger partial charge in [0, 0.05) is 17.3 Å². The number of hydrogen-bond donors (Lipinski definition) is 1. The number of halogens is 1. The van der Waals surface area contributed by atoms with E-state index in [1.54, 1.807) is 29.1 Å². The molecule has 6 heteroatoms. The van der Waals surface area contributed by atoms with Gasteiger partial charge in [0.1, 0.15) is 11.5 Å². The molecule has 0 aliphatic heterocycles. The topological polar surface area (TPSA) is 59.3 Å². The van der Waals surface area contributed by atoms with Gasteiger partial charge in [-0.05, 0) is 18.2 Å². The number of aromatic nitrogens is 2. The largest absolute Gasteiger partial charge is 0.275 e. The van der Waals surface area contributed by atoms with E-state index >= 15 is 0 Å². The molecule has 0 saturated heterocycles. The molecule has 0 unspecified atom stereocenters. The first-order chi connectivity index (χ1) is 14.2. The Morgan fingerprint density at radius 3 is 2.31 bits per heavy atom. The summed E-state index contributed by atoms with van der Waals surface area (Å²) in [6.07, 6.45) is 2.93. The van der Waals surface area contributed by atoms with Gasteiger partial charge in [0.25, 0.3) is 5.91 Å². The maximum Gasteiger partial charge on any atom is 0.275 e. The van der Waals surface area contributed by atoms with Gasteiger partial charge >= 0.3 is 0 Å². The smallest absolute Gasteiger partial charge is 0.267 e. The Labute approximate surface area is 167 Å². The Kier molecular flexibility index (Phi) is 5.25. The lowest BCUT2D eigenvalue weighted by atomic mass is 10.1. The second kappa shape index (κ2) is 8.31. The SMILES string of the molecule is O=C(N/N=C/c1ccccc1F)c1cn(-c2ccccc2)nc1-c1ccccc1. The molecule has 0 saturated carbocycles. The van der Waals surface area contributed by atoms with Crippen molar-refractivity contribution in [3.05, 3.63) is 108 Å². The van der Waals surface area contributed by atoms with Gasteiger partial charge in [-0.1, -0.05) is 66.7 Å². The quantitative estimate of drug-likeness (QED) is 0.408. The number of carbonyl (C=O) groups excluding carboxylic acids is 1. The van der Waals surface area contributed by atoms with Gasteiger partial charge in [0.05, 0.1) is 17.5 Å². The second-order valence-corrected chi connectivity index (χ2v) is 6.26. The van der Waals surface area contributed by atoms with E-state index in [-0.39, 0.29) is 5.56 Å². The third-order valence-electron chi connectivity index (χ3n) is 4.30. The van der Waals surface area contributed by atoms with E-state index < -0.39 is 11.7 Å².